The van der Waals surface area contributed by atoms with Crippen molar-refractivity contribution in [1.82, 2.24) is 0 Å². The molecule has 0 saturated heterocycles. The average molecular weight is 241 g/mol. The third kappa shape index (κ3) is 1.74. The Labute approximate surface area is 104 Å². The van der Waals surface area contributed by atoms with Crippen LogP contribution in [0.1, 0.15) is 5.56 Å². The van der Waals surface area contributed by atoms with Crippen molar-refractivity contribution in [3.63, 3.8) is 0 Å². The van der Waals surface area contributed by atoms with Crippen LogP contribution in [0.5, 0.6) is 0 Å². The summed E-state index contributed by atoms with van der Waals surface area (Å²) in [5.74, 6) is 0.221. The summed E-state index contributed by atoms with van der Waals surface area (Å²) < 4.78 is 19.1. The molecule has 0 spiro atoms. The normalized spacial score (nSPS) is 11.0. The highest BCUT2D eigenvalue weighted by atomic mass is 19.1. The fourth-order valence-corrected chi connectivity index (χ4v) is 1.99. The van der Waals surface area contributed by atoms with E-state index in [1.165, 1.54) is 11.6 Å². The predicted molar refractivity (Wildman–Crippen MR) is 70.8 cm³/mol. The molecule has 2 nitrogen and oxygen atoms in total. The summed E-state index contributed by atoms with van der Waals surface area (Å²) in [4.78, 5) is 0. The van der Waals surface area contributed by atoms with Gasteiger partial charge in [-0.05, 0) is 43.3 Å². The maximum atomic E-state index is 13.4. The Morgan fingerprint density at radius 3 is 2.67 bits per heavy atom. The van der Waals surface area contributed by atoms with E-state index in [4.69, 9.17) is 10.2 Å². The van der Waals surface area contributed by atoms with Crippen LogP contribution >= 0.6 is 0 Å². The van der Waals surface area contributed by atoms with Crippen molar-refractivity contribution in [2.75, 3.05) is 5.73 Å². The highest BCUT2D eigenvalue weighted by molar-refractivity contribution is 5.83. The first-order valence-electron chi connectivity index (χ1n) is 5.69. The number of nitrogens with two attached hydrogens (primary N) is 1. The fourth-order valence-electron chi connectivity index (χ4n) is 1.99. The summed E-state index contributed by atoms with van der Waals surface area (Å²) >= 11 is 0. The zero-order valence-electron chi connectivity index (χ0n) is 9.91. The molecule has 0 unspecified atom stereocenters. The Bertz CT molecular complexity index is 730. The molecule has 0 bridgehead atoms. The van der Waals surface area contributed by atoms with Gasteiger partial charge < -0.3 is 10.2 Å². The zero-order chi connectivity index (χ0) is 12.7. The summed E-state index contributed by atoms with van der Waals surface area (Å²) in [7, 11) is 0. The van der Waals surface area contributed by atoms with E-state index in [9.17, 15) is 4.39 Å². The van der Waals surface area contributed by atoms with Crippen LogP contribution in [-0.4, -0.2) is 0 Å². The van der Waals surface area contributed by atoms with E-state index in [1.54, 1.807) is 12.1 Å². The van der Waals surface area contributed by atoms with E-state index >= 15 is 0 Å². The smallest absolute Gasteiger partial charge is 0.146 e. The molecule has 0 fully saturated rings. The van der Waals surface area contributed by atoms with Crippen LogP contribution in [0, 0.1) is 12.7 Å². The minimum atomic E-state index is -0.427. The van der Waals surface area contributed by atoms with Crippen molar-refractivity contribution in [3.05, 3.63) is 53.8 Å². The third-order valence-electron chi connectivity index (χ3n) is 2.96. The number of aryl methyl sites for hydroxylation is 1. The minimum Gasteiger partial charge on any atom is -0.456 e. The van der Waals surface area contributed by atoms with Gasteiger partial charge in [0.05, 0.1) is 5.69 Å². The lowest BCUT2D eigenvalue weighted by Gasteiger charge is -1.99. The molecule has 0 saturated carbocycles. The monoisotopic (exact) mass is 241 g/mol. The molecular weight excluding hydrogens is 229 g/mol. The van der Waals surface area contributed by atoms with Crippen molar-refractivity contribution >= 4 is 16.7 Å². The van der Waals surface area contributed by atoms with Gasteiger partial charge in [0, 0.05) is 10.9 Å². The predicted octanol–water partition coefficient (Wildman–Crippen LogP) is 4.13. The van der Waals surface area contributed by atoms with Crippen molar-refractivity contribution in [1.29, 1.82) is 0 Å². The van der Waals surface area contributed by atoms with Gasteiger partial charge in [0.25, 0.3) is 0 Å². The Kier molecular flexibility index (Phi) is 2.33. The van der Waals surface area contributed by atoms with E-state index in [-0.39, 0.29) is 5.69 Å². The number of hydrogen-bond donors (Lipinski definition) is 1. The standard InChI is InChI=1S/C15H12FNO/c1-9-2-5-14-11(6-9)8-15(18-14)10-3-4-13(17)12(16)7-10/h2-8H,17H2,1H3. The van der Waals surface area contributed by atoms with Crippen molar-refractivity contribution in [3.8, 4) is 11.3 Å². The van der Waals surface area contributed by atoms with E-state index in [2.05, 4.69) is 0 Å². The van der Waals surface area contributed by atoms with Gasteiger partial charge in [-0.1, -0.05) is 11.6 Å². The van der Waals surface area contributed by atoms with Crippen LogP contribution in [0.2, 0.25) is 0 Å². The van der Waals surface area contributed by atoms with Crippen LogP contribution in [0.3, 0.4) is 0 Å². The minimum absolute atomic E-state index is 0.144. The molecule has 0 aliphatic heterocycles. The van der Waals surface area contributed by atoms with Crippen LogP contribution in [0.15, 0.2) is 46.9 Å². The molecule has 2 N–H and O–H groups in total. The number of hydrogen-bond acceptors (Lipinski definition) is 2. The summed E-state index contributed by atoms with van der Waals surface area (Å²) in [6, 6.07) is 12.5. The number of rotatable bonds is 1. The van der Waals surface area contributed by atoms with E-state index in [0.717, 1.165) is 11.0 Å². The molecule has 0 radical (unpaired) electrons. The molecule has 0 aliphatic carbocycles. The summed E-state index contributed by atoms with van der Waals surface area (Å²) in [6.45, 7) is 2.02. The third-order valence-corrected chi connectivity index (χ3v) is 2.96. The molecule has 3 rings (SSSR count). The SMILES string of the molecule is Cc1ccc2oc(-c3ccc(N)c(F)c3)cc2c1. The highest BCUT2D eigenvalue weighted by Gasteiger charge is 2.08. The molecular formula is C15H12FNO. The first kappa shape index (κ1) is 10.8. The number of nitrogen functional groups attached to an aromatic ring is 1. The van der Waals surface area contributed by atoms with Crippen LogP contribution < -0.4 is 5.73 Å². The lowest BCUT2D eigenvalue weighted by atomic mass is 10.1. The van der Waals surface area contributed by atoms with Crippen molar-refractivity contribution in [2.45, 2.75) is 6.92 Å². The van der Waals surface area contributed by atoms with Gasteiger partial charge in [-0.2, -0.15) is 0 Å². The summed E-state index contributed by atoms with van der Waals surface area (Å²) in [6.07, 6.45) is 0. The second-order valence-corrected chi connectivity index (χ2v) is 4.39. The molecule has 0 amide bonds. The first-order valence-corrected chi connectivity index (χ1v) is 5.69. The maximum Gasteiger partial charge on any atom is 0.146 e. The van der Waals surface area contributed by atoms with E-state index in [1.807, 2.05) is 31.2 Å². The average Bonchev–Trinajstić information content (AvgIpc) is 2.75. The summed E-state index contributed by atoms with van der Waals surface area (Å²) in [5, 5.41) is 1.02. The first-order chi connectivity index (χ1) is 8.63. The molecule has 0 aliphatic rings. The van der Waals surface area contributed by atoms with Gasteiger partial charge in [0.15, 0.2) is 0 Å². The Balaban J connectivity index is 2.16. The van der Waals surface area contributed by atoms with E-state index in [0.29, 0.717) is 11.3 Å². The van der Waals surface area contributed by atoms with Crippen LogP contribution in [-0.2, 0) is 0 Å². The number of anilines is 1. The molecule has 2 aromatic carbocycles. The molecule has 0 atom stereocenters. The molecule has 90 valence electrons. The second kappa shape index (κ2) is 3.88. The highest BCUT2D eigenvalue weighted by Crippen LogP contribution is 2.29. The van der Waals surface area contributed by atoms with Crippen LogP contribution in [0.4, 0.5) is 10.1 Å². The Morgan fingerprint density at radius 2 is 1.89 bits per heavy atom. The number of halogens is 1. The van der Waals surface area contributed by atoms with Gasteiger partial charge in [0.2, 0.25) is 0 Å². The lowest BCUT2D eigenvalue weighted by molar-refractivity contribution is 0.621. The van der Waals surface area contributed by atoms with Crippen LogP contribution in [0.25, 0.3) is 22.3 Å². The topological polar surface area (TPSA) is 39.2 Å². The number of benzene rings is 2. The fraction of sp³-hybridized carbons (Fsp3) is 0.0667. The second-order valence-electron chi connectivity index (χ2n) is 4.39. The number of fused-ring (bicyclic) bond motifs is 1. The largest absolute Gasteiger partial charge is 0.456 e. The van der Waals surface area contributed by atoms with Gasteiger partial charge in [-0.15, -0.1) is 0 Å². The molecule has 3 heteroatoms. The molecule has 18 heavy (non-hydrogen) atoms. The maximum absolute atomic E-state index is 13.4. The Hall–Kier alpha value is -2.29. The van der Waals surface area contributed by atoms with E-state index < -0.39 is 5.82 Å². The van der Waals surface area contributed by atoms with Gasteiger partial charge in [-0.3, -0.25) is 0 Å². The quantitative estimate of drug-likeness (QED) is 0.650. The number of furan rings is 1. The van der Waals surface area contributed by atoms with Gasteiger partial charge >= 0.3 is 0 Å². The Morgan fingerprint density at radius 1 is 1.06 bits per heavy atom. The molecule has 1 aromatic heterocycles. The van der Waals surface area contributed by atoms with Crippen molar-refractivity contribution in [2.24, 2.45) is 0 Å². The zero-order valence-corrected chi connectivity index (χ0v) is 9.91. The van der Waals surface area contributed by atoms with Crippen molar-refractivity contribution < 1.29 is 8.81 Å². The van der Waals surface area contributed by atoms with Gasteiger partial charge in [-0.25, -0.2) is 4.39 Å². The summed E-state index contributed by atoms with van der Waals surface area (Å²) in [5.41, 5.74) is 8.25. The lowest BCUT2D eigenvalue weighted by Crippen LogP contribution is -1.89. The van der Waals surface area contributed by atoms with Gasteiger partial charge in [0.1, 0.15) is 17.2 Å². The molecule has 3 aromatic rings. The molecule has 1 heterocycles.